The lowest BCUT2D eigenvalue weighted by Gasteiger charge is -2.09. The maximum atomic E-state index is 11.7. The minimum Gasteiger partial charge on any atom is -0.399 e. The van der Waals surface area contributed by atoms with Gasteiger partial charge in [0.15, 0.2) is 9.84 Å². The number of rotatable bonds is 3. The topological polar surface area (TPSA) is 60.2 Å². The van der Waals surface area contributed by atoms with E-state index in [0.717, 1.165) is 0 Å². The lowest BCUT2D eigenvalue weighted by molar-refractivity contribution is 0.586. The third-order valence-electron chi connectivity index (χ3n) is 2.14. The number of nitrogen functional groups attached to an aromatic ring is 1. The molecule has 15 heavy (non-hydrogen) atoms. The molecular formula is C10H14ClNO2S. The first kappa shape index (κ1) is 12.3. The predicted octanol–water partition coefficient (Wildman–Crippen LogP) is 2.25. The van der Waals surface area contributed by atoms with Gasteiger partial charge in [0.25, 0.3) is 0 Å². The molecule has 0 amide bonds. The van der Waals surface area contributed by atoms with E-state index in [2.05, 4.69) is 0 Å². The first-order valence-electron chi connectivity index (χ1n) is 4.58. The summed E-state index contributed by atoms with van der Waals surface area (Å²) in [6, 6.07) is 4.86. The van der Waals surface area contributed by atoms with Gasteiger partial charge in [-0.2, -0.15) is 0 Å². The van der Waals surface area contributed by atoms with E-state index < -0.39 is 15.1 Å². The van der Waals surface area contributed by atoms with E-state index in [1.54, 1.807) is 32.0 Å². The van der Waals surface area contributed by atoms with Crippen molar-refractivity contribution in [3.8, 4) is 0 Å². The fourth-order valence-corrected chi connectivity index (χ4v) is 2.36. The minimum atomic E-state index is -3.13. The van der Waals surface area contributed by atoms with Crippen molar-refractivity contribution in [2.45, 2.75) is 24.9 Å². The monoisotopic (exact) mass is 247 g/mol. The van der Waals surface area contributed by atoms with Crippen molar-refractivity contribution in [3.05, 3.63) is 28.8 Å². The maximum absolute atomic E-state index is 11.7. The second kappa shape index (κ2) is 4.41. The van der Waals surface area contributed by atoms with Gasteiger partial charge in [0.05, 0.1) is 11.0 Å². The van der Waals surface area contributed by atoms with Gasteiger partial charge in [-0.25, -0.2) is 8.42 Å². The highest BCUT2D eigenvalue weighted by Crippen LogP contribution is 2.22. The van der Waals surface area contributed by atoms with Gasteiger partial charge < -0.3 is 5.73 Å². The Labute approximate surface area is 95.2 Å². The maximum Gasteiger partial charge on any atom is 0.156 e. The van der Waals surface area contributed by atoms with Gasteiger partial charge in [-0.3, -0.25) is 0 Å². The summed E-state index contributed by atoms with van der Waals surface area (Å²) in [7, 11) is -3.13. The van der Waals surface area contributed by atoms with Gasteiger partial charge in [0, 0.05) is 10.7 Å². The summed E-state index contributed by atoms with van der Waals surface area (Å²) in [5.74, 6) is -0.0610. The van der Waals surface area contributed by atoms with Crippen molar-refractivity contribution in [2.75, 3.05) is 5.73 Å². The molecule has 2 N–H and O–H groups in total. The van der Waals surface area contributed by atoms with Crippen LogP contribution < -0.4 is 5.73 Å². The number of nitrogens with two attached hydrogens (primary N) is 1. The van der Waals surface area contributed by atoms with Crippen molar-refractivity contribution in [1.82, 2.24) is 0 Å². The summed E-state index contributed by atoms with van der Waals surface area (Å²) in [5, 5.41) is 0.0309. The standard InChI is InChI=1S/C10H14ClNO2S/c1-7(2)15(13,14)6-8-5-9(12)3-4-10(8)11/h3-5,7H,6,12H2,1-2H3. The zero-order valence-corrected chi connectivity index (χ0v) is 10.3. The van der Waals surface area contributed by atoms with E-state index in [1.807, 2.05) is 0 Å². The number of hydrogen-bond acceptors (Lipinski definition) is 3. The van der Waals surface area contributed by atoms with Crippen LogP contribution in [0.2, 0.25) is 5.02 Å². The summed E-state index contributed by atoms with van der Waals surface area (Å²) in [4.78, 5) is 0. The summed E-state index contributed by atoms with van der Waals surface area (Å²) in [5.41, 5.74) is 6.65. The SMILES string of the molecule is CC(C)S(=O)(=O)Cc1cc(N)ccc1Cl. The fraction of sp³-hybridized carbons (Fsp3) is 0.400. The second-order valence-electron chi connectivity index (χ2n) is 3.71. The van der Waals surface area contributed by atoms with Crippen LogP contribution in [0.1, 0.15) is 19.4 Å². The van der Waals surface area contributed by atoms with E-state index in [-0.39, 0.29) is 5.75 Å². The van der Waals surface area contributed by atoms with E-state index in [1.165, 1.54) is 0 Å². The molecule has 0 fully saturated rings. The molecule has 0 heterocycles. The quantitative estimate of drug-likeness (QED) is 0.834. The molecule has 0 radical (unpaired) electrons. The molecule has 0 saturated heterocycles. The smallest absolute Gasteiger partial charge is 0.156 e. The highest BCUT2D eigenvalue weighted by molar-refractivity contribution is 7.91. The minimum absolute atomic E-state index is 0.0610. The molecule has 0 atom stereocenters. The fourth-order valence-electron chi connectivity index (χ4n) is 1.09. The molecule has 0 aliphatic heterocycles. The first-order chi connectivity index (χ1) is 6.83. The van der Waals surface area contributed by atoms with Gasteiger partial charge in [-0.1, -0.05) is 11.6 Å². The summed E-state index contributed by atoms with van der Waals surface area (Å²) >= 11 is 5.89. The van der Waals surface area contributed by atoms with Crippen LogP contribution >= 0.6 is 11.6 Å². The molecule has 1 aromatic carbocycles. The molecular weight excluding hydrogens is 234 g/mol. The van der Waals surface area contributed by atoms with E-state index >= 15 is 0 Å². The summed E-state index contributed by atoms with van der Waals surface area (Å²) < 4.78 is 23.3. The summed E-state index contributed by atoms with van der Waals surface area (Å²) in [6.45, 7) is 3.30. The van der Waals surface area contributed by atoms with Crippen molar-refractivity contribution in [1.29, 1.82) is 0 Å². The molecule has 0 aliphatic rings. The Kier molecular flexibility index (Phi) is 3.62. The summed E-state index contributed by atoms with van der Waals surface area (Å²) in [6.07, 6.45) is 0. The van der Waals surface area contributed by atoms with E-state index in [0.29, 0.717) is 16.3 Å². The van der Waals surface area contributed by atoms with Crippen LogP contribution in [0.15, 0.2) is 18.2 Å². The Morgan fingerprint density at radius 2 is 2.00 bits per heavy atom. The Morgan fingerprint density at radius 1 is 1.40 bits per heavy atom. The molecule has 0 unspecified atom stereocenters. The Morgan fingerprint density at radius 3 is 2.53 bits per heavy atom. The Bertz CT molecular complexity index is 454. The number of anilines is 1. The Balaban J connectivity index is 3.05. The van der Waals surface area contributed by atoms with Crippen LogP contribution in [0.25, 0.3) is 0 Å². The normalized spacial score (nSPS) is 12.0. The van der Waals surface area contributed by atoms with Gasteiger partial charge in [-0.05, 0) is 37.6 Å². The molecule has 5 heteroatoms. The van der Waals surface area contributed by atoms with Gasteiger partial charge in [-0.15, -0.1) is 0 Å². The van der Waals surface area contributed by atoms with Crippen LogP contribution in [0.3, 0.4) is 0 Å². The van der Waals surface area contributed by atoms with Crippen molar-refractivity contribution in [2.24, 2.45) is 0 Å². The predicted molar refractivity (Wildman–Crippen MR) is 63.6 cm³/mol. The van der Waals surface area contributed by atoms with Crippen molar-refractivity contribution >= 4 is 27.1 Å². The third kappa shape index (κ3) is 3.11. The van der Waals surface area contributed by atoms with Crippen LogP contribution in [0.5, 0.6) is 0 Å². The molecule has 0 bridgehead atoms. The molecule has 0 spiro atoms. The van der Waals surface area contributed by atoms with E-state index in [4.69, 9.17) is 17.3 Å². The van der Waals surface area contributed by atoms with Crippen LogP contribution in [0.4, 0.5) is 5.69 Å². The highest BCUT2D eigenvalue weighted by atomic mass is 35.5. The van der Waals surface area contributed by atoms with Crippen molar-refractivity contribution in [3.63, 3.8) is 0 Å². The largest absolute Gasteiger partial charge is 0.399 e. The van der Waals surface area contributed by atoms with Crippen LogP contribution in [0, 0.1) is 0 Å². The van der Waals surface area contributed by atoms with Crippen molar-refractivity contribution < 1.29 is 8.42 Å². The average molecular weight is 248 g/mol. The number of hydrogen-bond donors (Lipinski definition) is 1. The highest BCUT2D eigenvalue weighted by Gasteiger charge is 2.18. The average Bonchev–Trinajstić information content (AvgIpc) is 2.10. The lowest BCUT2D eigenvalue weighted by Crippen LogP contribution is -2.16. The number of halogens is 1. The molecule has 84 valence electrons. The number of benzene rings is 1. The molecule has 0 aromatic heterocycles. The first-order valence-corrected chi connectivity index (χ1v) is 6.68. The molecule has 1 rings (SSSR count). The van der Waals surface area contributed by atoms with Crippen LogP contribution in [-0.4, -0.2) is 13.7 Å². The van der Waals surface area contributed by atoms with Gasteiger partial charge in [0.2, 0.25) is 0 Å². The molecule has 1 aromatic rings. The van der Waals surface area contributed by atoms with E-state index in [9.17, 15) is 8.42 Å². The second-order valence-corrected chi connectivity index (χ2v) is 6.67. The molecule has 3 nitrogen and oxygen atoms in total. The zero-order valence-electron chi connectivity index (χ0n) is 8.70. The van der Waals surface area contributed by atoms with Gasteiger partial charge >= 0.3 is 0 Å². The van der Waals surface area contributed by atoms with Crippen LogP contribution in [-0.2, 0) is 15.6 Å². The molecule has 0 aliphatic carbocycles. The number of sulfone groups is 1. The lowest BCUT2D eigenvalue weighted by atomic mass is 10.2. The van der Waals surface area contributed by atoms with Gasteiger partial charge in [0.1, 0.15) is 0 Å². The molecule has 0 saturated carbocycles. The zero-order chi connectivity index (χ0) is 11.6. The third-order valence-corrected chi connectivity index (χ3v) is 4.66. The Hall–Kier alpha value is -0.740.